The molecule has 14 heavy (non-hydrogen) atoms. The van der Waals surface area contributed by atoms with Crippen LogP contribution in [-0.2, 0) is 13.5 Å². The van der Waals surface area contributed by atoms with E-state index in [0.29, 0.717) is 12.1 Å². The van der Waals surface area contributed by atoms with E-state index < -0.39 is 6.10 Å². The molecule has 2 aromatic heterocycles. The van der Waals surface area contributed by atoms with Gasteiger partial charge < -0.3 is 5.11 Å². The van der Waals surface area contributed by atoms with E-state index in [1.807, 2.05) is 13.2 Å². The molecule has 2 aromatic rings. The number of nitrogens with zero attached hydrogens (tertiary/aromatic N) is 4. The van der Waals surface area contributed by atoms with Crippen LogP contribution in [0, 0.1) is 0 Å². The number of aromatic nitrogens is 5. The van der Waals surface area contributed by atoms with Gasteiger partial charge in [-0.1, -0.05) is 0 Å². The van der Waals surface area contributed by atoms with Gasteiger partial charge in [0, 0.05) is 19.7 Å². The van der Waals surface area contributed by atoms with Gasteiger partial charge in [-0.3, -0.25) is 4.68 Å². The smallest absolute Gasteiger partial charge is 0.111 e. The van der Waals surface area contributed by atoms with Crippen LogP contribution in [0.15, 0.2) is 18.6 Å². The minimum absolute atomic E-state index is 0.500. The number of aromatic amines is 1. The van der Waals surface area contributed by atoms with E-state index >= 15 is 0 Å². The van der Waals surface area contributed by atoms with Crippen LogP contribution in [0.3, 0.4) is 0 Å². The molecular weight excluding hydrogens is 182 g/mol. The van der Waals surface area contributed by atoms with Crippen molar-refractivity contribution in [1.29, 1.82) is 0 Å². The highest BCUT2D eigenvalue weighted by atomic mass is 16.3. The monoisotopic (exact) mass is 193 g/mol. The lowest BCUT2D eigenvalue weighted by Crippen LogP contribution is -2.01. The van der Waals surface area contributed by atoms with Crippen molar-refractivity contribution in [2.75, 3.05) is 0 Å². The average Bonchev–Trinajstić information content (AvgIpc) is 2.75. The van der Waals surface area contributed by atoms with Gasteiger partial charge in [0.1, 0.15) is 11.8 Å². The van der Waals surface area contributed by atoms with Crippen LogP contribution in [0.1, 0.15) is 17.4 Å². The van der Waals surface area contributed by atoms with Gasteiger partial charge in [-0.15, -0.1) is 0 Å². The summed E-state index contributed by atoms with van der Waals surface area (Å²) in [7, 11) is 1.84. The Morgan fingerprint density at radius 2 is 2.43 bits per heavy atom. The predicted molar refractivity (Wildman–Crippen MR) is 48.3 cm³/mol. The van der Waals surface area contributed by atoms with Crippen molar-refractivity contribution in [3.05, 3.63) is 29.8 Å². The minimum Gasteiger partial charge on any atom is -0.386 e. The highest BCUT2D eigenvalue weighted by Crippen LogP contribution is 2.13. The molecule has 0 aliphatic rings. The molecule has 0 aromatic carbocycles. The van der Waals surface area contributed by atoms with Gasteiger partial charge in [0.25, 0.3) is 0 Å². The van der Waals surface area contributed by atoms with Crippen molar-refractivity contribution in [1.82, 2.24) is 25.2 Å². The van der Waals surface area contributed by atoms with Gasteiger partial charge in [-0.05, 0) is 5.56 Å². The largest absolute Gasteiger partial charge is 0.386 e. The van der Waals surface area contributed by atoms with Gasteiger partial charge in [0.15, 0.2) is 0 Å². The first kappa shape index (κ1) is 8.89. The summed E-state index contributed by atoms with van der Waals surface area (Å²) in [6, 6.07) is 0. The van der Waals surface area contributed by atoms with E-state index in [2.05, 4.69) is 20.5 Å². The van der Waals surface area contributed by atoms with Gasteiger partial charge in [-0.25, -0.2) is 0 Å². The molecule has 0 amide bonds. The zero-order valence-corrected chi connectivity index (χ0v) is 7.75. The molecule has 0 saturated heterocycles. The van der Waals surface area contributed by atoms with Gasteiger partial charge in [0.05, 0.1) is 12.4 Å². The Morgan fingerprint density at radius 1 is 1.57 bits per heavy atom. The third-order valence-corrected chi connectivity index (χ3v) is 1.96. The van der Waals surface area contributed by atoms with Crippen molar-refractivity contribution in [2.45, 2.75) is 12.5 Å². The first-order chi connectivity index (χ1) is 6.75. The van der Waals surface area contributed by atoms with E-state index in [0.717, 1.165) is 5.56 Å². The quantitative estimate of drug-likeness (QED) is 0.708. The second-order valence-corrected chi connectivity index (χ2v) is 3.14. The van der Waals surface area contributed by atoms with Crippen LogP contribution < -0.4 is 0 Å². The van der Waals surface area contributed by atoms with Crippen LogP contribution >= 0.6 is 0 Å². The molecule has 1 atom stereocenters. The van der Waals surface area contributed by atoms with Gasteiger partial charge in [0.2, 0.25) is 0 Å². The first-order valence-electron chi connectivity index (χ1n) is 4.27. The van der Waals surface area contributed by atoms with E-state index in [1.165, 1.54) is 6.20 Å². The Hall–Kier alpha value is -1.69. The minimum atomic E-state index is -0.627. The molecule has 6 heteroatoms. The Labute approximate surface area is 80.6 Å². The molecule has 2 heterocycles. The number of aliphatic hydroxyl groups is 1. The Kier molecular flexibility index (Phi) is 2.28. The number of hydrogen-bond acceptors (Lipinski definition) is 4. The topological polar surface area (TPSA) is 79.6 Å². The summed E-state index contributed by atoms with van der Waals surface area (Å²) in [5.41, 5.74) is 1.52. The van der Waals surface area contributed by atoms with Crippen molar-refractivity contribution >= 4 is 0 Å². The first-order valence-corrected chi connectivity index (χ1v) is 4.27. The van der Waals surface area contributed by atoms with Crippen LogP contribution in [-0.4, -0.2) is 30.3 Å². The fourth-order valence-corrected chi connectivity index (χ4v) is 1.28. The normalized spacial score (nSPS) is 13.0. The number of aryl methyl sites for hydroxylation is 1. The molecule has 0 aliphatic heterocycles. The number of H-pyrrole nitrogens is 1. The lowest BCUT2D eigenvalue weighted by molar-refractivity contribution is 0.173. The third-order valence-electron chi connectivity index (χ3n) is 1.96. The second kappa shape index (κ2) is 3.59. The molecule has 1 unspecified atom stereocenters. The van der Waals surface area contributed by atoms with E-state index in [4.69, 9.17) is 0 Å². The van der Waals surface area contributed by atoms with Crippen LogP contribution in [0.4, 0.5) is 0 Å². The lowest BCUT2D eigenvalue weighted by Gasteiger charge is -2.03. The Bertz CT molecular complexity index is 394. The van der Waals surface area contributed by atoms with E-state index in [-0.39, 0.29) is 0 Å². The molecule has 0 fully saturated rings. The Balaban J connectivity index is 2.05. The second-order valence-electron chi connectivity index (χ2n) is 3.14. The summed E-state index contributed by atoms with van der Waals surface area (Å²) in [4.78, 5) is 0. The maximum Gasteiger partial charge on any atom is 0.111 e. The predicted octanol–water partition coefficient (Wildman–Crippen LogP) is -0.186. The van der Waals surface area contributed by atoms with Crippen LogP contribution in [0.25, 0.3) is 0 Å². The van der Waals surface area contributed by atoms with Crippen molar-refractivity contribution < 1.29 is 5.11 Å². The highest BCUT2D eigenvalue weighted by Gasteiger charge is 2.11. The molecular formula is C8H11N5O. The summed E-state index contributed by atoms with van der Waals surface area (Å²) < 4.78 is 1.70. The molecule has 2 N–H and O–H groups in total. The molecule has 0 saturated carbocycles. The molecule has 2 rings (SSSR count). The van der Waals surface area contributed by atoms with Gasteiger partial charge in [-0.2, -0.15) is 20.5 Å². The number of rotatable bonds is 3. The average molecular weight is 193 g/mol. The highest BCUT2D eigenvalue weighted by molar-refractivity contribution is 5.09. The van der Waals surface area contributed by atoms with Crippen molar-refractivity contribution in [3.63, 3.8) is 0 Å². The van der Waals surface area contributed by atoms with Crippen molar-refractivity contribution in [2.24, 2.45) is 7.05 Å². The summed E-state index contributed by atoms with van der Waals surface area (Å²) in [5, 5.41) is 23.6. The fraction of sp³-hybridized carbons (Fsp3) is 0.375. The fourth-order valence-electron chi connectivity index (χ4n) is 1.28. The summed E-state index contributed by atoms with van der Waals surface area (Å²) in [6.45, 7) is 0. The zero-order chi connectivity index (χ0) is 9.97. The van der Waals surface area contributed by atoms with Crippen LogP contribution in [0.5, 0.6) is 0 Å². The maximum absolute atomic E-state index is 9.71. The van der Waals surface area contributed by atoms with Gasteiger partial charge >= 0.3 is 0 Å². The molecule has 0 bridgehead atoms. The zero-order valence-electron chi connectivity index (χ0n) is 7.75. The molecule has 0 radical (unpaired) electrons. The summed E-state index contributed by atoms with van der Waals surface area (Å²) in [6.07, 6.45) is 4.98. The summed E-state index contributed by atoms with van der Waals surface area (Å²) >= 11 is 0. The maximum atomic E-state index is 9.71. The Morgan fingerprint density at radius 3 is 3.00 bits per heavy atom. The SMILES string of the molecule is Cn1cc(CC(O)c2cn[nH]n2)cn1. The number of aliphatic hydroxyl groups excluding tert-OH is 1. The lowest BCUT2D eigenvalue weighted by atomic mass is 10.1. The molecule has 74 valence electrons. The third kappa shape index (κ3) is 1.80. The van der Waals surface area contributed by atoms with E-state index in [1.54, 1.807) is 10.9 Å². The standard InChI is InChI=1S/C8H11N5O/c1-13-5-6(3-10-13)2-8(14)7-4-9-12-11-7/h3-5,8,14H,2H2,1H3,(H,9,11,12). The summed E-state index contributed by atoms with van der Waals surface area (Å²) in [5.74, 6) is 0. The number of nitrogens with one attached hydrogen (secondary N) is 1. The molecule has 0 spiro atoms. The molecule has 0 aliphatic carbocycles. The number of hydrogen-bond donors (Lipinski definition) is 2. The van der Waals surface area contributed by atoms with Crippen molar-refractivity contribution in [3.8, 4) is 0 Å². The van der Waals surface area contributed by atoms with E-state index in [9.17, 15) is 5.11 Å². The molecule has 6 nitrogen and oxygen atoms in total. The van der Waals surface area contributed by atoms with Crippen LogP contribution in [0.2, 0.25) is 0 Å².